The van der Waals surface area contributed by atoms with E-state index in [2.05, 4.69) is 34.5 Å². The van der Waals surface area contributed by atoms with Crippen molar-refractivity contribution in [1.82, 2.24) is 10.2 Å². The van der Waals surface area contributed by atoms with Gasteiger partial charge in [0, 0.05) is 26.2 Å². The highest BCUT2D eigenvalue weighted by molar-refractivity contribution is 5.78. The molecule has 0 saturated carbocycles. The van der Waals surface area contributed by atoms with E-state index in [9.17, 15) is 9.90 Å². The number of carbonyl (C=O) groups excluding carboxylic acids is 1. The van der Waals surface area contributed by atoms with Crippen LogP contribution in [0.1, 0.15) is 16.7 Å². The minimum absolute atomic E-state index is 0.114. The number of amides is 1. The summed E-state index contributed by atoms with van der Waals surface area (Å²) >= 11 is 0. The molecular weight excluding hydrogens is 344 g/mol. The molecule has 2 aromatic rings. The topological polar surface area (TPSA) is 71.0 Å². The maximum atomic E-state index is 12.2. The highest BCUT2D eigenvalue weighted by Crippen LogP contribution is 2.32. The summed E-state index contributed by atoms with van der Waals surface area (Å²) < 4.78 is 10.6. The van der Waals surface area contributed by atoms with Gasteiger partial charge in [0.1, 0.15) is 0 Å². The van der Waals surface area contributed by atoms with Gasteiger partial charge < -0.3 is 19.9 Å². The van der Waals surface area contributed by atoms with Crippen molar-refractivity contribution in [3.8, 4) is 11.5 Å². The Kier molecular flexibility index (Phi) is 5.27. The summed E-state index contributed by atoms with van der Waals surface area (Å²) in [6.45, 7) is 2.80. The van der Waals surface area contributed by atoms with Crippen molar-refractivity contribution in [1.29, 1.82) is 0 Å². The zero-order valence-corrected chi connectivity index (χ0v) is 15.2. The van der Waals surface area contributed by atoms with Crippen molar-refractivity contribution >= 4 is 5.91 Å². The molecule has 2 N–H and O–H groups in total. The Morgan fingerprint density at radius 3 is 2.85 bits per heavy atom. The molecule has 1 atom stereocenters. The van der Waals surface area contributed by atoms with Gasteiger partial charge in [0.05, 0.1) is 12.5 Å². The molecule has 0 radical (unpaired) electrons. The van der Waals surface area contributed by atoms with Gasteiger partial charge >= 0.3 is 0 Å². The first-order valence-electron chi connectivity index (χ1n) is 9.30. The van der Waals surface area contributed by atoms with Crippen molar-refractivity contribution in [3.63, 3.8) is 0 Å². The second-order valence-electron chi connectivity index (χ2n) is 7.08. The maximum Gasteiger partial charge on any atom is 0.231 e. The predicted molar refractivity (Wildman–Crippen MR) is 101 cm³/mol. The lowest BCUT2D eigenvalue weighted by Crippen LogP contribution is -2.42. The molecule has 0 fully saturated rings. The molecule has 6 nitrogen and oxygen atoms in total. The number of nitrogens with one attached hydrogen (secondary N) is 1. The van der Waals surface area contributed by atoms with Crippen LogP contribution in [0.2, 0.25) is 0 Å². The van der Waals surface area contributed by atoms with Crippen molar-refractivity contribution in [2.24, 2.45) is 0 Å². The molecule has 2 heterocycles. The average molecular weight is 368 g/mol. The van der Waals surface area contributed by atoms with Crippen molar-refractivity contribution < 1.29 is 19.4 Å². The van der Waals surface area contributed by atoms with Crippen molar-refractivity contribution in [3.05, 3.63) is 59.2 Å². The van der Waals surface area contributed by atoms with Crippen LogP contribution < -0.4 is 14.8 Å². The number of β-amino-alcohol motifs (C(OH)–C–C–N with tert-alkyl or cyclic N) is 1. The molecule has 4 rings (SSSR count). The van der Waals surface area contributed by atoms with E-state index in [-0.39, 0.29) is 25.7 Å². The molecule has 0 aliphatic carbocycles. The Balaban J connectivity index is 1.22. The standard InChI is InChI=1S/C21H24N2O4/c24-18(13-23-8-7-16-3-1-2-4-17(16)12-23)11-22-21(25)10-15-5-6-19-20(9-15)27-14-26-19/h1-6,9,18,24H,7-8,10-14H2,(H,22,25). The largest absolute Gasteiger partial charge is 0.454 e. The normalized spacial score (nSPS) is 16.6. The fraction of sp³-hybridized carbons (Fsp3) is 0.381. The fourth-order valence-electron chi connectivity index (χ4n) is 3.60. The monoisotopic (exact) mass is 368 g/mol. The van der Waals surface area contributed by atoms with E-state index in [0.717, 1.165) is 25.1 Å². The Labute approximate surface area is 158 Å². The minimum Gasteiger partial charge on any atom is -0.454 e. The number of benzene rings is 2. The van der Waals surface area contributed by atoms with E-state index >= 15 is 0 Å². The molecule has 0 aromatic heterocycles. The lowest BCUT2D eigenvalue weighted by Gasteiger charge is -2.30. The van der Waals surface area contributed by atoms with Gasteiger partial charge in [-0.2, -0.15) is 0 Å². The van der Waals surface area contributed by atoms with Crippen LogP contribution in [0.25, 0.3) is 0 Å². The number of aliphatic hydroxyl groups excluding tert-OH is 1. The zero-order chi connectivity index (χ0) is 18.6. The summed E-state index contributed by atoms with van der Waals surface area (Å²) in [7, 11) is 0. The molecule has 6 heteroatoms. The maximum absolute atomic E-state index is 12.2. The molecule has 2 aromatic carbocycles. The van der Waals surface area contributed by atoms with Crippen LogP contribution >= 0.6 is 0 Å². The smallest absolute Gasteiger partial charge is 0.231 e. The van der Waals surface area contributed by atoms with E-state index in [1.807, 2.05) is 18.2 Å². The van der Waals surface area contributed by atoms with Gasteiger partial charge in [-0.05, 0) is 35.2 Å². The van der Waals surface area contributed by atoms with Crippen LogP contribution in [0.15, 0.2) is 42.5 Å². The van der Waals surface area contributed by atoms with Crippen molar-refractivity contribution in [2.45, 2.75) is 25.5 Å². The first-order valence-corrected chi connectivity index (χ1v) is 9.30. The van der Waals surface area contributed by atoms with Crippen molar-refractivity contribution in [2.75, 3.05) is 26.4 Å². The summed E-state index contributed by atoms with van der Waals surface area (Å²) in [4.78, 5) is 14.4. The molecule has 27 heavy (non-hydrogen) atoms. The fourth-order valence-corrected chi connectivity index (χ4v) is 3.60. The third-order valence-electron chi connectivity index (χ3n) is 5.02. The number of ether oxygens (including phenoxy) is 2. The van der Waals surface area contributed by atoms with E-state index in [4.69, 9.17) is 9.47 Å². The van der Waals surface area contributed by atoms with E-state index < -0.39 is 6.10 Å². The van der Waals surface area contributed by atoms with E-state index in [1.54, 1.807) is 0 Å². The summed E-state index contributed by atoms with van der Waals surface area (Å²) in [6.07, 6.45) is 0.663. The molecule has 2 aliphatic heterocycles. The quantitative estimate of drug-likeness (QED) is 0.809. The lowest BCUT2D eigenvalue weighted by molar-refractivity contribution is -0.121. The molecular formula is C21H24N2O4. The third-order valence-corrected chi connectivity index (χ3v) is 5.02. The number of carbonyl (C=O) groups is 1. The van der Waals surface area contributed by atoms with Crippen LogP contribution in [0.4, 0.5) is 0 Å². The highest BCUT2D eigenvalue weighted by Gasteiger charge is 2.19. The highest BCUT2D eigenvalue weighted by atomic mass is 16.7. The summed E-state index contributed by atoms with van der Waals surface area (Å²) in [5, 5.41) is 13.1. The zero-order valence-electron chi connectivity index (χ0n) is 15.2. The number of hydrogen-bond acceptors (Lipinski definition) is 5. The molecule has 0 saturated heterocycles. The van der Waals surface area contributed by atoms with Crippen LogP contribution in [0.3, 0.4) is 0 Å². The Bertz CT molecular complexity index is 824. The Morgan fingerprint density at radius 1 is 1.15 bits per heavy atom. The Hall–Kier alpha value is -2.57. The Morgan fingerprint density at radius 2 is 1.96 bits per heavy atom. The number of nitrogens with zero attached hydrogens (tertiary/aromatic N) is 1. The number of hydrogen-bond donors (Lipinski definition) is 2. The van der Waals surface area contributed by atoms with Gasteiger partial charge in [-0.25, -0.2) is 0 Å². The summed E-state index contributed by atoms with van der Waals surface area (Å²) in [5.41, 5.74) is 3.57. The van der Waals surface area contributed by atoms with Gasteiger partial charge in [-0.3, -0.25) is 9.69 Å². The first-order chi connectivity index (χ1) is 13.2. The second-order valence-corrected chi connectivity index (χ2v) is 7.08. The molecule has 1 amide bonds. The minimum atomic E-state index is -0.587. The van der Waals surface area contributed by atoms with Crippen LogP contribution in [0.5, 0.6) is 11.5 Å². The lowest BCUT2D eigenvalue weighted by atomic mass is 10.00. The van der Waals surface area contributed by atoms with Gasteiger partial charge in [0.15, 0.2) is 11.5 Å². The predicted octanol–water partition coefficient (Wildman–Crippen LogP) is 1.49. The number of fused-ring (bicyclic) bond motifs is 2. The van der Waals surface area contributed by atoms with Crippen LogP contribution in [-0.4, -0.2) is 48.4 Å². The van der Waals surface area contributed by atoms with E-state index in [1.165, 1.54) is 11.1 Å². The second kappa shape index (κ2) is 7.98. The van der Waals surface area contributed by atoms with Gasteiger partial charge in [-0.15, -0.1) is 0 Å². The van der Waals surface area contributed by atoms with Gasteiger partial charge in [0.25, 0.3) is 0 Å². The van der Waals surface area contributed by atoms with Gasteiger partial charge in [-0.1, -0.05) is 30.3 Å². The molecule has 2 aliphatic rings. The number of aliphatic hydroxyl groups is 1. The summed E-state index contributed by atoms with van der Waals surface area (Å²) in [6, 6.07) is 13.9. The SMILES string of the molecule is O=C(Cc1ccc2c(c1)OCO2)NCC(O)CN1CCc2ccccc2C1. The summed E-state index contributed by atoms with van der Waals surface area (Å²) in [5.74, 6) is 1.26. The third kappa shape index (κ3) is 4.40. The van der Waals surface area contributed by atoms with Gasteiger partial charge in [0.2, 0.25) is 12.7 Å². The van der Waals surface area contributed by atoms with E-state index in [0.29, 0.717) is 18.0 Å². The molecule has 0 spiro atoms. The first kappa shape index (κ1) is 17.8. The molecule has 0 bridgehead atoms. The number of rotatable bonds is 6. The molecule has 1 unspecified atom stereocenters. The van der Waals surface area contributed by atoms with Crippen LogP contribution in [-0.2, 0) is 24.2 Å². The van der Waals surface area contributed by atoms with Crippen LogP contribution in [0, 0.1) is 0 Å². The molecule has 142 valence electrons. The average Bonchev–Trinajstić information content (AvgIpc) is 3.14.